The molecule has 0 amide bonds. The molecule has 0 radical (unpaired) electrons. The van der Waals surface area contributed by atoms with Gasteiger partial charge in [-0.2, -0.15) is 0 Å². The number of hydrogen-bond acceptors (Lipinski definition) is 4. The monoisotopic (exact) mass is 397 g/mol. The number of phenolic OH excluding ortho intramolecular Hbond substituents is 1. The molecular formula is C24H28FNO3. The normalized spacial score (nSPS) is 13.4. The van der Waals surface area contributed by atoms with E-state index in [1.807, 2.05) is 25.1 Å². The number of aliphatic hydroxyl groups is 2. The van der Waals surface area contributed by atoms with Gasteiger partial charge in [-0.3, -0.25) is 4.98 Å². The number of hydrogen-bond donors (Lipinski definition) is 3. The molecule has 1 aromatic carbocycles. The maximum atomic E-state index is 13.7. The first-order valence-electron chi connectivity index (χ1n) is 9.73. The Bertz CT molecular complexity index is 875. The van der Waals surface area contributed by atoms with Crippen LogP contribution in [0.25, 0.3) is 11.6 Å². The molecule has 5 heteroatoms. The smallest absolute Gasteiger partial charge is 0.165 e. The molecular weight excluding hydrogens is 369 g/mol. The number of phenols is 1. The molecule has 0 fully saturated rings. The van der Waals surface area contributed by atoms with Crippen LogP contribution in [0.1, 0.15) is 43.9 Å². The Balaban J connectivity index is 2.26. The van der Waals surface area contributed by atoms with Crippen molar-refractivity contribution < 1.29 is 19.7 Å². The van der Waals surface area contributed by atoms with Crippen molar-refractivity contribution in [3.63, 3.8) is 0 Å². The van der Waals surface area contributed by atoms with Crippen molar-refractivity contribution >= 4 is 11.6 Å². The van der Waals surface area contributed by atoms with Crippen LogP contribution in [0.3, 0.4) is 0 Å². The van der Waals surface area contributed by atoms with Crippen molar-refractivity contribution in [1.82, 2.24) is 4.98 Å². The molecule has 0 aliphatic rings. The molecule has 0 aliphatic carbocycles. The summed E-state index contributed by atoms with van der Waals surface area (Å²) in [6, 6.07) is 9.72. The van der Waals surface area contributed by atoms with E-state index in [1.54, 1.807) is 24.4 Å². The number of aliphatic hydroxyl groups excluding tert-OH is 2. The highest BCUT2D eigenvalue weighted by Crippen LogP contribution is 2.27. The summed E-state index contributed by atoms with van der Waals surface area (Å²) < 4.78 is 13.7. The lowest BCUT2D eigenvalue weighted by atomic mass is 9.92. The van der Waals surface area contributed by atoms with Crippen LogP contribution in [0.5, 0.6) is 5.75 Å². The highest BCUT2D eigenvalue weighted by molar-refractivity contribution is 5.80. The summed E-state index contributed by atoms with van der Waals surface area (Å²) in [4.78, 5) is 4.37. The van der Waals surface area contributed by atoms with Gasteiger partial charge in [0.05, 0.1) is 18.4 Å². The molecule has 1 unspecified atom stereocenters. The SMILES string of the molecule is C=C(CCC)/C(=C/CO)C(O)CC/C(=C/c1ccc(O)c(F)c1)c1ccccn1. The van der Waals surface area contributed by atoms with E-state index in [0.717, 1.165) is 29.7 Å². The molecule has 4 nitrogen and oxygen atoms in total. The average Bonchev–Trinajstić information content (AvgIpc) is 2.72. The first-order valence-corrected chi connectivity index (χ1v) is 9.73. The highest BCUT2D eigenvalue weighted by Gasteiger charge is 2.15. The highest BCUT2D eigenvalue weighted by atomic mass is 19.1. The van der Waals surface area contributed by atoms with E-state index in [2.05, 4.69) is 11.6 Å². The molecule has 1 heterocycles. The summed E-state index contributed by atoms with van der Waals surface area (Å²) in [5.74, 6) is -1.09. The Morgan fingerprint density at radius 3 is 2.66 bits per heavy atom. The third-order valence-corrected chi connectivity index (χ3v) is 4.62. The third kappa shape index (κ3) is 6.66. The van der Waals surface area contributed by atoms with Gasteiger partial charge in [0, 0.05) is 6.20 Å². The molecule has 3 N–H and O–H groups in total. The van der Waals surface area contributed by atoms with Crippen LogP contribution in [0.15, 0.2) is 66.4 Å². The second-order valence-corrected chi connectivity index (χ2v) is 6.85. The minimum atomic E-state index is -0.773. The van der Waals surface area contributed by atoms with Gasteiger partial charge in [0.25, 0.3) is 0 Å². The lowest BCUT2D eigenvalue weighted by Gasteiger charge is -2.18. The van der Waals surface area contributed by atoms with Crippen molar-refractivity contribution in [2.45, 2.75) is 38.7 Å². The van der Waals surface area contributed by atoms with Crippen molar-refractivity contribution in [3.8, 4) is 5.75 Å². The topological polar surface area (TPSA) is 73.6 Å². The zero-order chi connectivity index (χ0) is 21.2. The molecule has 1 atom stereocenters. The van der Waals surface area contributed by atoms with Crippen LogP contribution in [0.2, 0.25) is 0 Å². The van der Waals surface area contributed by atoms with Gasteiger partial charge in [-0.15, -0.1) is 0 Å². The fourth-order valence-corrected chi connectivity index (χ4v) is 3.15. The van der Waals surface area contributed by atoms with Gasteiger partial charge in [-0.1, -0.05) is 38.1 Å². The van der Waals surface area contributed by atoms with Crippen LogP contribution in [-0.2, 0) is 0 Å². The van der Waals surface area contributed by atoms with E-state index in [0.29, 0.717) is 24.0 Å². The summed E-state index contributed by atoms with van der Waals surface area (Å²) >= 11 is 0. The molecule has 1 aromatic heterocycles. The Morgan fingerprint density at radius 1 is 1.24 bits per heavy atom. The summed E-state index contributed by atoms with van der Waals surface area (Å²) in [6.45, 7) is 5.90. The molecule has 0 aliphatic heterocycles. The van der Waals surface area contributed by atoms with Crippen molar-refractivity contribution in [2.24, 2.45) is 0 Å². The summed E-state index contributed by atoms with van der Waals surface area (Å²) in [7, 11) is 0. The first-order chi connectivity index (χ1) is 14.0. The predicted octanol–water partition coefficient (Wildman–Crippen LogP) is 4.88. The molecule has 2 aromatic rings. The van der Waals surface area contributed by atoms with Gasteiger partial charge in [0.1, 0.15) is 0 Å². The zero-order valence-corrected chi connectivity index (χ0v) is 16.7. The second-order valence-electron chi connectivity index (χ2n) is 6.85. The van der Waals surface area contributed by atoms with Crippen LogP contribution >= 0.6 is 0 Å². The lowest BCUT2D eigenvalue weighted by Crippen LogP contribution is -2.13. The number of nitrogens with zero attached hydrogens (tertiary/aromatic N) is 1. The number of aromatic hydroxyl groups is 1. The van der Waals surface area contributed by atoms with Crippen molar-refractivity contribution in [1.29, 1.82) is 0 Å². The molecule has 2 rings (SSSR count). The summed E-state index contributed by atoms with van der Waals surface area (Å²) in [5, 5.41) is 29.4. The van der Waals surface area contributed by atoms with E-state index in [4.69, 9.17) is 0 Å². The number of allylic oxidation sites excluding steroid dienone is 1. The number of aromatic nitrogens is 1. The van der Waals surface area contributed by atoms with E-state index in [1.165, 1.54) is 12.1 Å². The largest absolute Gasteiger partial charge is 0.505 e. The minimum absolute atomic E-state index is 0.162. The summed E-state index contributed by atoms with van der Waals surface area (Å²) in [5.41, 5.74) is 3.63. The van der Waals surface area contributed by atoms with Gasteiger partial charge in [0.2, 0.25) is 0 Å². The third-order valence-electron chi connectivity index (χ3n) is 4.62. The van der Waals surface area contributed by atoms with Crippen LogP contribution < -0.4 is 0 Å². The van der Waals surface area contributed by atoms with Gasteiger partial charge in [-0.25, -0.2) is 4.39 Å². The van der Waals surface area contributed by atoms with Crippen LogP contribution in [-0.4, -0.2) is 33.0 Å². The lowest BCUT2D eigenvalue weighted by molar-refractivity contribution is 0.202. The van der Waals surface area contributed by atoms with Crippen LogP contribution in [0, 0.1) is 5.82 Å². The number of pyridine rings is 1. The Labute approximate surface area is 171 Å². The quantitative estimate of drug-likeness (QED) is 0.500. The fourth-order valence-electron chi connectivity index (χ4n) is 3.15. The fraction of sp³-hybridized carbons (Fsp3) is 0.292. The zero-order valence-electron chi connectivity index (χ0n) is 16.7. The summed E-state index contributed by atoms with van der Waals surface area (Å²) in [6.07, 6.45) is 6.84. The Morgan fingerprint density at radius 2 is 2.03 bits per heavy atom. The Hall–Kier alpha value is -2.76. The molecule has 0 spiro atoms. The maximum absolute atomic E-state index is 13.7. The van der Waals surface area contributed by atoms with E-state index < -0.39 is 17.7 Å². The average molecular weight is 397 g/mol. The molecule has 0 saturated carbocycles. The number of rotatable bonds is 10. The maximum Gasteiger partial charge on any atom is 0.165 e. The van der Waals surface area contributed by atoms with Gasteiger partial charge in [-0.05, 0) is 71.9 Å². The second kappa shape index (κ2) is 11.3. The van der Waals surface area contributed by atoms with Crippen molar-refractivity contribution in [2.75, 3.05) is 6.61 Å². The van der Waals surface area contributed by atoms with E-state index >= 15 is 0 Å². The van der Waals surface area contributed by atoms with E-state index in [-0.39, 0.29) is 6.61 Å². The first kappa shape index (κ1) is 22.5. The Kier molecular flexibility index (Phi) is 8.77. The molecule has 0 bridgehead atoms. The van der Waals surface area contributed by atoms with Crippen molar-refractivity contribution in [3.05, 3.63) is 83.5 Å². The van der Waals surface area contributed by atoms with Gasteiger partial charge in [0.15, 0.2) is 11.6 Å². The minimum Gasteiger partial charge on any atom is -0.505 e. The number of halogens is 1. The van der Waals surface area contributed by atoms with Crippen LogP contribution in [0.4, 0.5) is 4.39 Å². The molecule has 0 saturated heterocycles. The number of benzene rings is 1. The van der Waals surface area contributed by atoms with Gasteiger partial charge < -0.3 is 15.3 Å². The van der Waals surface area contributed by atoms with E-state index in [9.17, 15) is 19.7 Å². The molecule has 29 heavy (non-hydrogen) atoms. The predicted molar refractivity (Wildman–Crippen MR) is 115 cm³/mol. The molecule has 154 valence electrons. The standard InChI is InChI=1S/C24H28FNO3/c1-3-6-17(2)20(12-14-27)23(28)11-9-19(22-7-4-5-13-26-22)15-18-8-10-24(29)21(25)16-18/h4-5,7-8,10,12-13,15-16,23,27-29H,2-3,6,9,11,14H2,1H3/b19-15-,20-12-. The van der Waals surface area contributed by atoms with Gasteiger partial charge >= 0.3 is 0 Å².